The zero-order valence-corrected chi connectivity index (χ0v) is 34.1. The van der Waals surface area contributed by atoms with Crippen LogP contribution in [0.25, 0.3) is 11.1 Å². The molecule has 302 valence electrons. The predicted octanol–water partition coefficient (Wildman–Crippen LogP) is 11.4. The molecule has 1 aliphatic heterocycles. The Hall–Kier alpha value is -4.01. The molecule has 4 aromatic carbocycles. The van der Waals surface area contributed by atoms with Gasteiger partial charge in [0.2, 0.25) is 0 Å². The second kappa shape index (κ2) is 24.6. The molecule has 3 N–H and O–H groups in total. The van der Waals surface area contributed by atoms with Crippen molar-refractivity contribution < 1.29 is 19.4 Å². The first-order chi connectivity index (χ1) is 27.5. The number of aliphatic hydroxyl groups is 1. The van der Waals surface area contributed by atoms with Crippen LogP contribution in [0, 0.1) is 0 Å². The van der Waals surface area contributed by atoms with Gasteiger partial charge in [0.15, 0.2) is 6.29 Å². The van der Waals surface area contributed by atoms with Crippen molar-refractivity contribution in [2.24, 2.45) is 0 Å². The molecule has 0 saturated carbocycles. The maximum Gasteiger partial charge on any atom is 0.315 e. The Labute approximate surface area is 337 Å². The molecule has 1 fully saturated rings. The Morgan fingerprint density at radius 3 is 1.86 bits per heavy atom. The maximum atomic E-state index is 12.5. The van der Waals surface area contributed by atoms with E-state index in [2.05, 4.69) is 77.9 Å². The van der Waals surface area contributed by atoms with Crippen molar-refractivity contribution in [3.05, 3.63) is 131 Å². The number of benzene rings is 4. The van der Waals surface area contributed by atoms with Crippen LogP contribution in [0.15, 0.2) is 103 Å². The lowest BCUT2D eigenvalue weighted by atomic mass is 9.98. The van der Waals surface area contributed by atoms with Crippen LogP contribution in [0.1, 0.15) is 138 Å². The summed E-state index contributed by atoms with van der Waals surface area (Å²) in [4.78, 5) is 15.1. The van der Waals surface area contributed by atoms with E-state index >= 15 is 0 Å². The van der Waals surface area contributed by atoms with E-state index in [4.69, 9.17) is 9.47 Å². The fourth-order valence-corrected chi connectivity index (χ4v) is 7.56. The predicted molar refractivity (Wildman–Crippen MR) is 229 cm³/mol. The number of aliphatic hydroxyl groups excluding tert-OH is 1. The zero-order chi connectivity index (χ0) is 39.2. The minimum atomic E-state index is -0.486. The van der Waals surface area contributed by atoms with Crippen molar-refractivity contribution in [1.82, 2.24) is 15.5 Å². The lowest BCUT2D eigenvalue weighted by Gasteiger charge is -2.38. The van der Waals surface area contributed by atoms with Gasteiger partial charge in [0, 0.05) is 31.6 Å². The van der Waals surface area contributed by atoms with Crippen LogP contribution >= 0.6 is 0 Å². The highest BCUT2D eigenvalue weighted by atomic mass is 16.7. The Kier molecular flexibility index (Phi) is 18.9. The smallest absolute Gasteiger partial charge is 0.315 e. The third-order valence-electron chi connectivity index (χ3n) is 10.9. The largest absolute Gasteiger partial charge is 0.392 e. The van der Waals surface area contributed by atoms with Crippen LogP contribution in [0.2, 0.25) is 0 Å². The van der Waals surface area contributed by atoms with E-state index < -0.39 is 6.29 Å². The van der Waals surface area contributed by atoms with Gasteiger partial charge >= 0.3 is 6.03 Å². The highest BCUT2D eigenvalue weighted by Gasteiger charge is 2.33. The molecule has 2 amide bonds. The highest BCUT2D eigenvalue weighted by molar-refractivity contribution is 5.74. The molecule has 1 aliphatic rings. The molecule has 0 aromatic heterocycles. The molecular weight excluding hydrogens is 695 g/mol. The average Bonchev–Trinajstić information content (AvgIpc) is 3.25. The molecule has 7 heteroatoms. The van der Waals surface area contributed by atoms with Gasteiger partial charge in [0.1, 0.15) is 0 Å². The van der Waals surface area contributed by atoms with Crippen molar-refractivity contribution >= 4 is 6.03 Å². The van der Waals surface area contributed by atoms with Gasteiger partial charge in [-0.15, -0.1) is 0 Å². The molecular formula is C49H67N3O4. The van der Waals surface area contributed by atoms with E-state index in [0.717, 1.165) is 65.0 Å². The minimum absolute atomic E-state index is 0.0296. The monoisotopic (exact) mass is 762 g/mol. The average molecular weight is 762 g/mol. The SMILES string of the molecule is CCCCCCCCN(CCCCCCCC)C[C@@H]1C[C@H](c2ccc(CO)cc2)O[C@H](c2ccc(-c3cccc(CNC(=O)NCc4ccccc4)c3)cc2)O1. The van der Waals surface area contributed by atoms with Crippen molar-refractivity contribution in [3.63, 3.8) is 0 Å². The normalized spacial score (nSPS) is 16.9. The molecule has 0 radical (unpaired) electrons. The van der Waals surface area contributed by atoms with Crippen LogP contribution in [0.5, 0.6) is 0 Å². The molecule has 56 heavy (non-hydrogen) atoms. The lowest BCUT2D eigenvalue weighted by Crippen LogP contribution is -2.40. The summed E-state index contributed by atoms with van der Waals surface area (Å²) in [5.41, 5.74) is 7.30. The van der Waals surface area contributed by atoms with Gasteiger partial charge in [-0.05, 0) is 65.4 Å². The summed E-state index contributed by atoms with van der Waals surface area (Å²) in [5.74, 6) is 0. The van der Waals surface area contributed by atoms with Crippen molar-refractivity contribution in [2.45, 2.75) is 136 Å². The second-order valence-electron chi connectivity index (χ2n) is 15.5. The molecule has 4 aromatic rings. The standard InChI is InChI=1S/C49H67N3O4/c1-3-5-7-9-11-16-31-52(32-17-12-10-8-6-4-2)37-46-34-47(43-25-23-40(38-53)24-26-43)56-48(55-46)44-29-27-42(28-30-44)45-22-18-21-41(33-45)36-51-49(54)50-35-39-19-14-13-15-20-39/h13-15,18-30,33,46-48,53H,3-12,16-17,31-32,34-38H2,1-2H3,(H2,50,51,54)/t46-,47+,48+/m0/s1. The van der Waals surface area contributed by atoms with E-state index in [9.17, 15) is 9.90 Å². The maximum absolute atomic E-state index is 12.5. The van der Waals surface area contributed by atoms with Crippen LogP contribution in [-0.2, 0) is 29.2 Å². The first-order valence-corrected chi connectivity index (χ1v) is 21.5. The Bertz CT molecular complexity index is 1650. The number of urea groups is 1. The van der Waals surface area contributed by atoms with Crippen LogP contribution < -0.4 is 10.6 Å². The number of nitrogens with one attached hydrogen (secondary N) is 2. The third kappa shape index (κ3) is 14.8. The summed E-state index contributed by atoms with van der Waals surface area (Å²) in [6.45, 7) is 8.65. The number of ether oxygens (including phenoxy) is 2. The van der Waals surface area contributed by atoms with Crippen LogP contribution in [-0.4, -0.2) is 41.8 Å². The second-order valence-corrected chi connectivity index (χ2v) is 15.5. The van der Waals surface area contributed by atoms with E-state index in [1.807, 2.05) is 54.6 Å². The van der Waals surface area contributed by atoms with Crippen molar-refractivity contribution in [1.29, 1.82) is 0 Å². The Morgan fingerprint density at radius 1 is 0.625 bits per heavy atom. The van der Waals surface area contributed by atoms with E-state index in [1.54, 1.807) is 0 Å². The van der Waals surface area contributed by atoms with Gasteiger partial charge in [-0.3, -0.25) is 0 Å². The van der Waals surface area contributed by atoms with Crippen LogP contribution in [0.4, 0.5) is 4.79 Å². The zero-order valence-electron chi connectivity index (χ0n) is 34.1. The summed E-state index contributed by atoms with van der Waals surface area (Å²) in [6.07, 6.45) is 15.8. The molecule has 1 heterocycles. The van der Waals surface area contributed by atoms with Gasteiger partial charge in [-0.25, -0.2) is 4.79 Å². The van der Waals surface area contributed by atoms with Gasteiger partial charge in [0.25, 0.3) is 0 Å². The van der Waals surface area contributed by atoms with E-state index in [-0.39, 0.29) is 24.8 Å². The van der Waals surface area contributed by atoms with E-state index in [0.29, 0.717) is 13.1 Å². The fraction of sp³-hybridized carbons (Fsp3) is 0.490. The number of rotatable bonds is 24. The quantitative estimate of drug-likeness (QED) is 0.0619. The summed E-state index contributed by atoms with van der Waals surface area (Å²) in [6, 6.07) is 34.7. The number of amides is 2. The fourth-order valence-electron chi connectivity index (χ4n) is 7.56. The lowest BCUT2D eigenvalue weighted by molar-refractivity contribution is -0.253. The highest BCUT2D eigenvalue weighted by Crippen LogP contribution is 2.39. The van der Waals surface area contributed by atoms with Gasteiger partial charge in [0.05, 0.1) is 18.8 Å². The summed E-state index contributed by atoms with van der Waals surface area (Å²) < 4.78 is 13.6. The van der Waals surface area contributed by atoms with E-state index in [1.165, 1.54) is 77.0 Å². The topological polar surface area (TPSA) is 83.1 Å². The number of unbranched alkanes of at least 4 members (excludes halogenated alkanes) is 10. The summed E-state index contributed by atoms with van der Waals surface area (Å²) >= 11 is 0. The molecule has 0 unspecified atom stereocenters. The molecule has 0 aliphatic carbocycles. The van der Waals surface area contributed by atoms with Crippen LogP contribution in [0.3, 0.4) is 0 Å². The third-order valence-corrected chi connectivity index (χ3v) is 10.9. The number of nitrogens with zero attached hydrogens (tertiary/aromatic N) is 1. The minimum Gasteiger partial charge on any atom is -0.392 e. The molecule has 5 rings (SSSR count). The number of hydrogen-bond donors (Lipinski definition) is 3. The number of carbonyl (C=O) groups excluding carboxylic acids is 1. The molecule has 7 nitrogen and oxygen atoms in total. The number of hydrogen-bond acceptors (Lipinski definition) is 5. The van der Waals surface area contributed by atoms with Crippen molar-refractivity contribution in [2.75, 3.05) is 19.6 Å². The molecule has 0 spiro atoms. The van der Waals surface area contributed by atoms with Gasteiger partial charge in [-0.2, -0.15) is 0 Å². The molecule has 3 atom stereocenters. The Morgan fingerprint density at radius 2 is 1.21 bits per heavy atom. The Balaban J connectivity index is 1.24. The summed E-state index contributed by atoms with van der Waals surface area (Å²) in [7, 11) is 0. The van der Waals surface area contributed by atoms with Gasteiger partial charge in [-0.1, -0.05) is 175 Å². The first kappa shape index (κ1) is 43.1. The summed E-state index contributed by atoms with van der Waals surface area (Å²) in [5, 5.41) is 15.6. The number of carbonyl (C=O) groups is 1. The van der Waals surface area contributed by atoms with Gasteiger partial charge < -0.3 is 30.1 Å². The van der Waals surface area contributed by atoms with Crippen molar-refractivity contribution in [3.8, 4) is 11.1 Å². The first-order valence-electron chi connectivity index (χ1n) is 21.5. The molecule has 0 bridgehead atoms. The molecule has 1 saturated heterocycles.